The molecule has 0 unspecified atom stereocenters. The molecule has 10 aromatic rings. The van der Waals surface area contributed by atoms with Crippen molar-refractivity contribution in [1.82, 2.24) is 9.55 Å². The van der Waals surface area contributed by atoms with Crippen LogP contribution < -0.4 is 14.5 Å². The lowest BCUT2D eigenvalue weighted by Crippen LogP contribution is -2.25. The van der Waals surface area contributed by atoms with Crippen LogP contribution >= 0.6 is 0 Å². The minimum absolute atomic E-state index is 0.0318. The molecule has 0 atom stereocenters. The molecule has 0 saturated heterocycles. The lowest BCUT2D eigenvalue weighted by Gasteiger charge is -2.29. The topological polar surface area (TPSA) is 46.7 Å². The van der Waals surface area contributed by atoms with E-state index in [0.29, 0.717) is 40.7 Å². The largest absolute Gasteiger partial charge is 0.453 e. The summed E-state index contributed by atoms with van der Waals surface area (Å²) in [5, 5.41) is 4.08. The van der Waals surface area contributed by atoms with Gasteiger partial charge in [-0.15, -0.1) is 0 Å². The summed E-state index contributed by atoms with van der Waals surface area (Å²) in [7, 11) is 0. The number of ether oxygens (including phenoxy) is 1. The Kier molecular flexibility index (Phi) is 9.15. The normalized spacial score (nSPS) is 14.2. The van der Waals surface area contributed by atoms with E-state index in [1.54, 1.807) is 6.20 Å². The van der Waals surface area contributed by atoms with Gasteiger partial charge in [0.1, 0.15) is 23.8 Å². The van der Waals surface area contributed by atoms with E-state index < -0.39 is 6.85 Å². The Balaban J connectivity index is 1.04. The molecule has 6 nitrogen and oxygen atoms in total. The molecule has 0 aliphatic carbocycles. The van der Waals surface area contributed by atoms with Gasteiger partial charge in [-0.2, -0.15) is 0 Å². The third kappa shape index (κ3) is 7.38. The first-order chi connectivity index (χ1) is 33.6. The average Bonchev–Trinajstić information content (AvgIpc) is 4.00. The summed E-state index contributed by atoms with van der Waals surface area (Å²) < 4.78 is 41.8. The SMILES string of the molecule is [2H]C([2H])([2H])c1cc(C(C)(C)C)cc(C)c1-c1ccnc(-n2c3ccccc3c3ccc(Oc4cc(N5CN(c6cc(C(C)(C)C)cc(C(C)(C)C)c6)c6ccccc65)cc5c4oc4ccccc45)cc32)c1. The van der Waals surface area contributed by atoms with Gasteiger partial charge in [-0.25, -0.2) is 4.98 Å². The average molecular weight is 896 g/mol. The molecule has 0 saturated carbocycles. The van der Waals surface area contributed by atoms with Crippen molar-refractivity contribution in [3.63, 3.8) is 0 Å². The number of para-hydroxylation sites is 4. The van der Waals surface area contributed by atoms with Crippen LogP contribution in [0.3, 0.4) is 0 Å². The minimum atomic E-state index is -2.32. The smallest absolute Gasteiger partial charge is 0.178 e. The second kappa shape index (κ2) is 15.6. The Morgan fingerprint density at radius 1 is 0.559 bits per heavy atom. The maximum atomic E-state index is 8.64. The van der Waals surface area contributed by atoms with E-state index >= 15 is 0 Å². The molecule has 0 amide bonds. The summed E-state index contributed by atoms with van der Waals surface area (Å²) in [5.74, 6) is 1.90. The molecule has 0 bridgehead atoms. The maximum absolute atomic E-state index is 8.64. The number of anilines is 4. The number of benzene rings is 7. The molecule has 1 aliphatic rings. The quantitative estimate of drug-likeness (QED) is 0.166. The molecule has 11 rings (SSSR count). The molecule has 4 heterocycles. The number of aryl methyl sites for hydroxylation is 2. The Labute approximate surface area is 404 Å². The first-order valence-electron chi connectivity index (χ1n) is 25.2. The van der Waals surface area contributed by atoms with Gasteiger partial charge in [0.2, 0.25) is 0 Å². The van der Waals surface area contributed by atoms with Crippen molar-refractivity contribution in [2.24, 2.45) is 0 Å². The third-order valence-corrected chi connectivity index (χ3v) is 13.8. The van der Waals surface area contributed by atoms with Crippen molar-refractivity contribution in [3.05, 3.63) is 180 Å². The number of furan rings is 1. The molecule has 0 N–H and O–H groups in total. The van der Waals surface area contributed by atoms with Crippen LogP contribution in [-0.2, 0) is 16.2 Å². The van der Waals surface area contributed by atoms with Crippen LogP contribution in [0.5, 0.6) is 11.5 Å². The number of fused-ring (bicyclic) bond motifs is 7. The van der Waals surface area contributed by atoms with E-state index in [2.05, 4.69) is 174 Å². The van der Waals surface area contributed by atoms with Crippen LogP contribution in [0.25, 0.3) is 60.7 Å². The van der Waals surface area contributed by atoms with E-state index in [1.165, 1.54) is 16.8 Å². The monoisotopic (exact) mass is 895 g/mol. The minimum Gasteiger partial charge on any atom is -0.453 e. The number of hydrogen-bond acceptors (Lipinski definition) is 5. The van der Waals surface area contributed by atoms with Crippen LogP contribution in [0.2, 0.25) is 0 Å². The second-order valence-electron chi connectivity index (χ2n) is 21.7. The van der Waals surface area contributed by atoms with E-state index in [4.69, 9.17) is 18.3 Å². The zero-order chi connectivity index (χ0) is 49.9. The molecule has 1 aliphatic heterocycles. The highest BCUT2D eigenvalue weighted by Crippen LogP contribution is 2.49. The summed E-state index contributed by atoms with van der Waals surface area (Å²) in [4.78, 5) is 9.76. The molecular weight excluding hydrogens is 833 g/mol. The summed E-state index contributed by atoms with van der Waals surface area (Å²) in [6.45, 7) is 20.3. The first kappa shape index (κ1) is 39.8. The summed E-state index contributed by atoms with van der Waals surface area (Å²) in [6.07, 6.45) is 1.78. The first-order valence-corrected chi connectivity index (χ1v) is 23.7. The summed E-state index contributed by atoms with van der Waals surface area (Å²) in [6, 6.07) is 50.7. The van der Waals surface area contributed by atoms with Crippen LogP contribution in [0.4, 0.5) is 22.7 Å². The van der Waals surface area contributed by atoms with Gasteiger partial charge in [0.25, 0.3) is 0 Å². The highest BCUT2D eigenvalue weighted by Gasteiger charge is 2.31. The van der Waals surface area contributed by atoms with Gasteiger partial charge < -0.3 is 19.0 Å². The molecule has 7 aromatic carbocycles. The van der Waals surface area contributed by atoms with Gasteiger partial charge >= 0.3 is 0 Å². The molecule has 0 fully saturated rings. The zero-order valence-electron chi connectivity index (χ0n) is 43.7. The number of aromatic nitrogens is 2. The van der Waals surface area contributed by atoms with Crippen LogP contribution in [0, 0.1) is 13.8 Å². The zero-order valence-corrected chi connectivity index (χ0v) is 40.7. The predicted molar refractivity (Wildman–Crippen MR) is 285 cm³/mol. The Morgan fingerprint density at radius 2 is 1.16 bits per heavy atom. The molecule has 0 spiro atoms. The predicted octanol–water partition coefficient (Wildman–Crippen LogP) is 17.3. The van der Waals surface area contributed by atoms with Crippen LogP contribution in [0.1, 0.15) is 94.2 Å². The van der Waals surface area contributed by atoms with Crippen LogP contribution in [-0.4, -0.2) is 16.2 Å². The van der Waals surface area contributed by atoms with Crippen molar-refractivity contribution in [1.29, 1.82) is 0 Å². The molecule has 0 radical (unpaired) electrons. The highest BCUT2D eigenvalue weighted by molar-refractivity contribution is 6.10. The third-order valence-electron chi connectivity index (χ3n) is 13.8. The fourth-order valence-electron chi connectivity index (χ4n) is 9.99. The molecule has 3 aromatic heterocycles. The van der Waals surface area contributed by atoms with Crippen molar-refractivity contribution in [3.8, 4) is 28.4 Å². The van der Waals surface area contributed by atoms with Gasteiger partial charge in [0.05, 0.1) is 22.4 Å². The van der Waals surface area contributed by atoms with Gasteiger partial charge in [-0.05, 0) is 136 Å². The van der Waals surface area contributed by atoms with E-state index in [1.807, 2.05) is 55.5 Å². The molecule has 68 heavy (non-hydrogen) atoms. The Bertz CT molecular complexity index is 3710. The van der Waals surface area contributed by atoms with Crippen molar-refractivity contribution in [2.45, 2.75) is 92.3 Å². The van der Waals surface area contributed by atoms with Crippen molar-refractivity contribution >= 4 is 66.5 Å². The number of pyridine rings is 1. The maximum Gasteiger partial charge on any atom is 0.178 e. The number of hydrogen-bond donors (Lipinski definition) is 0. The number of nitrogens with zero attached hydrogens (tertiary/aromatic N) is 4. The fraction of sp³-hybridized carbons (Fsp3) is 0.242. The van der Waals surface area contributed by atoms with Crippen LogP contribution in [0.15, 0.2) is 156 Å². The standard InChI is InChI=1S/C62H60N4O2/c1-38-28-41(60(3,4)5)29-39(2)58(38)40-26-27-63-57(30-40)66-51-20-14-12-18-47(51)48-25-24-46(36-54(48)66)67-56-35-45(34-50-49-19-13-17-23-55(49)68-59(50)56)65-37-64(52-21-15-16-22-53(52)65)44-32-42(61(6,7)8)31-43(33-44)62(9,10)11/h12-36H,37H2,1-11H3/i1D3. The van der Waals surface area contributed by atoms with E-state index in [-0.39, 0.29) is 16.2 Å². The molecule has 6 heteroatoms. The second-order valence-corrected chi connectivity index (χ2v) is 21.7. The van der Waals surface area contributed by atoms with E-state index in [0.717, 1.165) is 71.9 Å². The van der Waals surface area contributed by atoms with Crippen molar-refractivity contribution < 1.29 is 13.3 Å². The molecule has 340 valence electrons. The Morgan fingerprint density at radius 3 is 1.85 bits per heavy atom. The van der Waals surface area contributed by atoms with Crippen molar-refractivity contribution in [2.75, 3.05) is 16.5 Å². The summed E-state index contributed by atoms with van der Waals surface area (Å²) in [5.41, 5.74) is 13.8. The van der Waals surface area contributed by atoms with Gasteiger partial charge in [-0.1, -0.05) is 129 Å². The lowest BCUT2D eigenvalue weighted by molar-refractivity contribution is 0.477. The fourth-order valence-corrected chi connectivity index (χ4v) is 9.99. The summed E-state index contributed by atoms with van der Waals surface area (Å²) >= 11 is 0. The van der Waals surface area contributed by atoms with Gasteiger partial charge in [-0.3, -0.25) is 4.57 Å². The number of rotatable bonds is 6. The van der Waals surface area contributed by atoms with E-state index in [9.17, 15) is 0 Å². The molecular formula is C62H60N4O2. The van der Waals surface area contributed by atoms with Gasteiger partial charge in [0.15, 0.2) is 11.3 Å². The lowest BCUT2D eigenvalue weighted by atomic mass is 9.80. The highest BCUT2D eigenvalue weighted by atomic mass is 16.5. The Hall–Kier alpha value is -7.31. The van der Waals surface area contributed by atoms with Gasteiger partial charge in [0, 0.05) is 55.4 Å².